The van der Waals surface area contributed by atoms with Gasteiger partial charge in [0.15, 0.2) is 0 Å². The van der Waals surface area contributed by atoms with Crippen molar-refractivity contribution >= 4 is 11.3 Å². The molecule has 0 fully saturated rings. The number of nitrogens with two attached hydrogens (primary N) is 1. The van der Waals surface area contributed by atoms with Gasteiger partial charge < -0.3 is 10.5 Å². The van der Waals surface area contributed by atoms with Crippen LogP contribution in [0.3, 0.4) is 0 Å². The van der Waals surface area contributed by atoms with Crippen molar-refractivity contribution in [1.82, 2.24) is 15.2 Å². The largest absolute Gasteiger partial charge is 0.480 e. The summed E-state index contributed by atoms with van der Waals surface area (Å²) in [7, 11) is 1.57. The summed E-state index contributed by atoms with van der Waals surface area (Å²) in [6.07, 6.45) is 3.23. The van der Waals surface area contributed by atoms with E-state index in [2.05, 4.69) is 15.2 Å². The number of methoxy groups -OCH3 is 1. The van der Waals surface area contributed by atoms with Crippen molar-refractivity contribution in [1.29, 1.82) is 0 Å². The Hall–Kier alpha value is -1.53. The molecule has 2 heterocycles. The number of aromatic nitrogens is 3. The van der Waals surface area contributed by atoms with Gasteiger partial charge in [0.05, 0.1) is 12.8 Å². The first-order valence-corrected chi connectivity index (χ1v) is 6.73. The van der Waals surface area contributed by atoms with Crippen LogP contribution in [0.25, 0.3) is 10.7 Å². The number of hydrogen-bond acceptors (Lipinski definition) is 6. The smallest absolute Gasteiger partial charge is 0.233 e. The van der Waals surface area contributed by atoms with Crippen molar-refractivity contribution in [3.8, 4) is 16.6 Å². The lowest BCUT2D eigenvalue weighted by molar-refractivity contribution is 0.392. The van der Waals surface area contributed by atoms with Gasteiger partial charge in [0.2, 0.25) is 5.88 Å². The highest BCUT2D eigenvalue weighted by molar-refractivity contribution is 7.15. The Morgan fingerprint density at radius 1 is 1.39 bits per heavy atom. The minimum Gasteiger partial charge on any atom is -0.480 e. The molecule has 0 saturated carbocycles. The molecule has 6 heteroatoms. The van der Waals surface area contributed by atoms with Crippen LogP contribution in [-0.2, 0) is 6.42 Å². The predicted molar refractivity (Wildman–Crippen MR) is 69.6 cm³/mol. The third-order valence-electron chi connectivity index (χ3n) is 3.07. The monoisotopic (exact) mass is 262 g/mol. The lowest BCUT2D eigenvalue weighted by Gasteiger charge is -2.15. The minimum absolute atomic E-state index is 0.0740. The fourth-order valence-corrected chi connectivity index (χ4v) is 3.24. The molecule has 1 atom stereocenters. The van der Waals surface area contributed by atoms with Crippen LogP contribution in [0.5, 0.6) is 5.88 Å². The zero-order chi connectivity index (χ0) is 12.5. The highest BCUT2D eigenvalue weighted by Gasteiger charge is 2.22. The molecule has 0 bridgehead atoms. The van der Waals surface area contributed by atoms with Gasteiger partial charge in [-0.3, -0.25) is 0 Å². The molecule has 18 heavy (non-hydrogen) atoms. The Kier molecular flexibility index (Phi) is 2.97. The molecule has 0 radical (unpaired) electrons. The van der Waals surface area contributed by atoms with E-state index in [0.29, 0.717) is 5.88 Å². The first-order valence-electron chi connectivity index (χ1n) is 5.91. The third-order valence-corrected chi connectivity index (χ3v) is 4.22. The van der Waals surface area contributed by atoms with E-state index in [-0.39, 0.29) is 6.04 Å². The molecule has 3 rings (SSSR count). The molecule has 2 aromatic heterocycles. The highest BCUT2D eigenvalue weighted by atomic mass is 32.1. The standard InChI is InChI=1S/C12H14N4OS/c1-17-10-6-5-8(15-16-10)12-14-11-7(13)3-2-4-9(11)18-12/h5-7H,2-4,13H2,1H3. The van der Waals surface area contributed by atoms with Crippen molar-refractivity contribution < 1.29 is 4.74 Å². The van der Waals surface area contributed by atoms with Crippen LogP contribution >= 0.6 is 11.3 Å². The van der Waals surface area contributed by atoms with Crippen LogP contribution in [-0.4, -0.2) is 22.3 Å². The molecule has 1 unspecified atom stereocenters. The molecular weight excluding hydrogens is 248 g/mol. The molecule has 5 nitrogen and oxygen atoms in total. The van der Waals surface area contributed by atoms with Crippen molar-refractivity contribution in [3.05, 3.63) is 22.7 Å². The Bertz CT molecular complexity index is 552. The summed E-state index contributed by atoms with van der Waals surface area (Å²) in [6, 6.07) is 3.74. The summed E-state index contributed by atoms with van der Waals surface area (Å²) >= 11 is 1.67. The lowest BCUT2D eigenvalue weighted by Crippen LogP contribution is -2.16. The second-order valence-corrected chi connectivity index (χ2v) is 5.37. The number of nitrogens with zero attached hydrogens (tertiary/aromatic N) is 3. The SMILES string of the molecule is COc1ccc(-c2nc3c(s2)CCCC3N)nn1. The molecule has 1 aliphatic rings. The Balaban J connectivity index is 1.96. The van der Waals surface area contributed by atoms with Crippen LogP contribution < -0.4 is 10.5 Å². The van der Waals surface area contributed by atoms with E-state index in [4.69, 9.17) is 10.5 Å². The molecule has 94 valence electrons. The Labute approximate surface area is 109 Å². The van der Waals surface area contributed by atoms with Crippen LogP contribution in [0, 0.1) is 0 Å². The molecule has 0 aromatic carbocycles. The summed E-state index contributed by atoms with van der Waals surface area (Å²) in [5.41, 5.74) is 7.89. The number of ether oxygens (including phenoxy) is 1. The molecular formula is C12H14N4OS. The molecule has 0 amide bonds. The second kappa shape index (κ2) is 4.62. The number of fused-ring (bicyclic) bond motifs is 1. The summed E-state index contributed by atoms with van der Waals surface area (Å²) in [6.45, 7) is 0. The Morgan fingerprint density at radius 2 is 2.28 bits per heavy atom. The topological polar surface area (TPSA) is 73.9 Å². The zero-order valence-electron chi connectivity index (χ0n) is 10.1. The summed E-state index contributed by atoms with van der Waals surface area (Å²) in [5.74, 6) is 0.511. The first-order chi connectivity index (χ1) is 8.78. The van der Waals surface area contributed by atoms with E-state index in [1.54, 1.807) is 24.5 Å². The number of rotatable bonds is 2. The average molecular weight is 262 g/mol. The van der Waals surface area contributed by atoms with Crippen molar-refractivity contribution in [3.63, 3.8) is 0 Å². The number of hydrogen-bond donors (Lipinski definition) is 1. The van der Waals surface area contributed by atoms with Gasteiger partial charge in [0.25, 0.3) is 0 Å². The zero-order valence-corrected chi connectivity index (χ0v) is 10.9. The van der Waals surface area contributed by atoms with Crippen molar-refractivity contribution in [2.75, 3.05) is 7.11 Å². The fourth-order valence-electron chi connectivity index (χ4n) is 2.10. The van der Waals surface area contributed by atoms with Gasteiger partial charge in [-0.25, -0.2) is 4.98 Å². The van der Waals surface area contributed by atoms with Crippen molar-refractivity contribution in [2.45, 2.75) is 25.3 Å². The van der Waals surface area contributed by atoms with E-state index < -0.39 is 0 Å². The van der Waals surface area contributed by atoms with Gasteiger partial charge in [0.1, 0.15) is 10.7 Å². The maximum Gasteiger partial charge on any atom is 0.233 e. The molecule has 0 saturated heterocycles. The predicted octanol–water partition coefficient (Wildman–Crippen LogP) is 1.94. The number of thiazole rings is 1. The molecule has 0 aliphatic heterocycles. The average Bonchev–Trinajstić information content (AvgIpc) is 2.84. The van der Waals surface area contributed by atoms with Crippen LogP contribution in [0.15, 0.2) is 12.1 Å². The minimum atomic E-state index is 0.0740. The van der Waals surface area contributed by atoms with Gasteiger partial charge in [0, 0.05) is 17.0 Å². The van der Waals surface area contributed by atoms with E-state index in [0.717, 1.165) is 35.7 Å². The summed E-state index contributed by atoms with van der Waals surface area (Å²) in [5, 5.41) is 8.98. The lowest BCUT2D eigenvalue weighted by atomic mass is 9.99. The third kappa shape index (κ3) is 1.97. The fraction of sp³-hybridized carbons (Fsp3) is 0.417. The summed E-state index contributed by atoms with van der Waals surface area (Å²) in [4.78, 5) is 5.90. The van der Waals surface area contributed by atoms with Crippen LogP contribution in [0.2, 0.25) is 0 Å². The number of aryl methyl sites for hydroxylation is 1. The van der Waals surface area contributed by atoms with Gasteiger partial charge in [-0.15, -0.1) is 21.5 Å². The molecule has 0 spiro atoms. The molecule has 1 aliphatic carbocycles. The van der Waals surface area contributed by atoms with Crippen molar-refractivity contribution in [2.24, 2.45) is 5.73 Å². The maximum absolute atomic E-state index is 6.07. The van der Waals surface area contributed by atoms with Gasteiger partial charge in [-0.1, -0.05) is 0 Å². The van der Waals surface area contributed by atoms with Gasteiger partial charge in [-0.2, -0.15) is 0 Å². The van der Waals surface area contributed by atoms with Crippen LogP contribution in [0.1, 0.15) is 29.5 Å². The normalized spacial score (nSPS) is 18.4. The van der Waals surface area contributed by atoms with Gasteiger partial charge in [-0.05, 0) is 25.3 Å². The van der Waals surface area contributed by atoms with E-state index in [9.17, 15) is 0 Å². The van der Waals surface area contributed by atoms with E-state index >= 15 is 0 Å². The molecule has 2 aromatic rings. The Morgan fingerprint density at radius 3 is 2.94 bits per heavy atom. The highest BCUT2D eigenvalue weighted by Crippen LogP contribution is 2.35. The second-order valence-electron chi connectivity index (χ2n) is 4.29. The van der Waals surface area contributed by atoms with Gasteiger partial charge >= 0.3 is 0 Å². The first kappa shape index (κ1) is 11.6. The van der Waals surface area contributed by atoms with Crippen LogP contribution in [0.4, 0.5) is 0 Å². The quantitative estimate of drug-likeness (QED) is 0.895. The maximum atomic E-state index is 6.07. The van der Waals surface area contributed by atoms with E-state index in [1.165, 1.54) is 4.88 Å². The van der Waals surface area contributed by atoms with E-state index in [1.807, 2.05) is 6.07 Å². The summed E-state index contributed by atoms with van der Waals surface area (Å²) < 4.78 is 4.99. The molecule has 2 N–H and O–H groups in total.